The van der Waals surface area contributed by atoms with E-state index >= 15 is 0 Å². The van der Waals surface area contributed by atoms with E-state index < -0.39 is 6.10 Å². The number of nitrogen functional groups attached to an aromatic ring is 1. The molecule has 2 atom stereocenters. The van der Waals surface area contributed by atoms with E-state index in [2.05, 4.69) is 9.97 Å². The van der Waals surface area contributed by atoms with Gasteiger partial charge in [-0.15, -0.1) is 0 Å². The van der Waals surface area contributed by atoms with Crippen LogP contribution in [-0.2, 0) is 0 Å². The van der Waals surface area contributed by atoms with Crippen LogP contribution in [-0.4, -0.2) is 26.4 Å². The molecule has 0 amide bonds. The molecular weight excluding hydrogens is 234 g/mol. The van der Waals surface area contributed by atoms with Crippen LogP contribution in [0.5, 0.6) is 0 Å². The number of aliphatic hydroxyl groups excluding tert-OH is 1. The number of hydrogen-bond acceptors (Lipinski definition) is 5. The summed E-state index contributed by atoms with van der Waals surface area (Å²) in [6.07, 6.45) is -0.394. The molecule has 0 radical (unpaired) electrons. The largest absolute Gasteiger partial charge is 0.392 e. The van der Waals surface area contributed by atoms with Crippen molar-refractivity contribution in [2.75, 3.05) is 5.73 Å². The summed E-state index contributed by atoms with van der Waals surface area (Å²) < 4.78 is 0. The van der Waals surface area contributed by atoms with Gasteiger partial charge in [-0.2, -0.15) is 0 Å². The monoisotopic (exact) mass is 249 g/mol. The molecule has 1 aromatic carbocycles. The normalized spacial score (nSPS) is 14.8. The van der Waals surface area contributed by atoms with Gasteiger partial charge in [-0.1, -0.05) is 36.9 Å². The van der Waals surface area contributed by atoms with Gasteiger partial charge in [0.1, 0.15) is 5.03 Å². The summed E-state index contributed by atoms with van der Waals surface area (Å²) in [6.45, 7) is 3.73. The first-order chi connectivity index (χ1) is 8.08. The van der Waals surface area contributed by atoms with Crippen molar-refractivity contribution in [2.24, 2.45) is 0 Å². The predicted molar refractivity (Wildman–Crippen MR) is 71.0 cm³/mol. The number of benzene rings is 1. The number of thioether (sulfide) groups is 1. The molecule has 0 bridgehead atoms. The van der Waals surface area contributed by atoms with E-state index in [1.165, 1.54) is 11.8 Å². The number of fused-ring (bicyclic) bond motifs is 1. The molecule has 2 rings (SSSR count). The van der Waals surface area contributed by atoms with E-state index in [9.17, 15) is 5.11 Å². The third-order valence-electron chi connectivity index (χ3n) is 2.56. The zero-order valence-electron chi connectivity index (χ0n) is 9.79. The lowest BCUT2D eigenvalue weighted by atomic mass is 10.2. The number of aromatic nitrogens is 2. The molecular formula is C12H15N3OS. The highest BCUT2D eigenvalue weighted by molar-refractivity contribution is 8.00. The summed E-state index contributed by atoms with van der Waals surface area (Å²) >= 11 is 1.51. The minimum Gasteiger partial charge on any atom is -0.392 e. The van der Waals surface area contributed by atoms with Crippen molar-refractivity contribution in [1.82, 2.24) is 9.97 Å². The van der Waals surface area contributed by atoms with Gasteiger partial charge in [0.2, 0.25) is 5.95 Å². The van der Waals surface area contributed by atoms with Gasteiger partial charge < -0.3 is 10.8 Å². The number of hydrogen-bond donors (Lipinski definition) is 2. The fraction of sp³-hybridized carbons (Fsp3) is 0.333. The highest BCUT2D eigenvalue weighted by Gasteiger charge is 2.14. The SMILES string of the molecule is CC(O)C(C)Sc1nc(N)nc2ccccc12. The average Bonchev–Trinajstić information content (AvgIpc) is 2.28. The summed E-state index contributed by atoms with van der Waals surface area (Å²) in [5.74, 6) is 0.268. The fourth-order valence-electron chi connectivity index (χ4n) is 1.43. The van der Waals surface area contributed by atoms with Crippen LogP contribution in [0.4, 0.5) is 5.95 Å². The van der Waals surface area contributed by atoms with Crippen molar-refractivity contribution in [3.63, 3.8) is 0 Å². The zero-order valence-corrected chi connectivity index (χ0v) is 10.6. The van der Waals surface area contributed by atoms with Gasteiger partial charge in [0.05, 0.1) is 11.6 Å². The topological polar surface area (TPSA) is 72.0 Å². The van der Waals surface area contributed by atoms with Gasteiger partial charge in [-0.05, 0) is 13.0 Å². The van der Waals surface area contributed by atoms with Crippen molar-refractivity contribution in [1.29, 1.82) is 0 Å². The summed E-state index contributed by atoms with van der Waals surface area (Å²) in [5, 5.41) is 11.4. The lowest BCUT2D eigenvalue weighted by Crippen LogP contribution is -2.15. The Kier molecular flexibility index (Phi) is 3.49. The Morgan fingerprint density at radius 2 is 1.94 bits per heavy atom. The van der Waals surface area contributed by atoms with Gasteiger partial charge in [-0.3, -0.25) is 0 Å². The van der Waals surface area contributed by atoms with Crippen molar-refractivity contribution in [2.45, 2.75) is 30.2 Å². The van der Waals surface area contributed by atoms with Crippen LogP contribution in [0.15, 0.2) is 29.3 Å². The predicted octanol–water partition coefficient (Wildman–Crippen LogP) is 2.07. The second kappa shape index (κ2) is 4.89. The van der Waals surface area contributed by atoms with Crippen LogP contribution in [0.2, 0.25) is 0 Å². The van der Waals surface area contributed by atoms with E-state index in [0.717, 1.165) is 15.9 Å². The van der Waals surface area contributed by atoms with Crippen LogP contribution in [0.3, 0.4) is 0 Å². The van der Waals surface area contributed by atoms with Crippen molar-refractivity contribution in [3.05, 3.63) is 24.3 Å². The Hall–Kier alpha value is -1.33. The Bertz CT molecular complexity index is 530. The minimum atomic E-state index is -0.394. The molecule has 4 nitrogen and oxygen atoms in total. The molecule has 3 N–H and O–H groups in total. The maximum absolute atomic E-state index is 9.53. The number of rotatable bonds is 3. The van der Waals surface area contributed by atoms with Crippen molar-refractivity contribution in [3.8, 4) is 0 Å². The van der Waals surface area contributed by atoms with Gasteiger partial charge in [0.15, 0.2) is 0 Å². The molecule has 0 spiro atoms. The number of anilines is 1. The number of nitrogens with zero attached hydrogens (tertiary/aromatic N) is 2. The van der Waals surface area contributed by atoms with Gasteiger partial charge in [0, 0.05) is 10.6 Å². The molecule has 2 aromatic rings. The highest BCUT2D eigenvalue weighted by Crippen LogP contribution is 2.30. The second-order valence-electron chi connectivity index (χ2n) is 3.97. The molecule has 0 aliphatic carbocycles. The molecule has 0 saturated heterocycles. The summed E-state index contributed by atoms with van der Waals surface area (Å²) in [5.41, 5.74) is 6.51. The first-order valence-electron chi connectivity index (χ1n) is 5.45. The Balaban J connectivity index is 2.45. The Morgan fingerprint density at radius 3 is 2.65 bits per heavy atom. The van der Waals surface area contributed by atoms with E-state index in [1.807, 2.05) is 31.2 Å². The molecule has 1 aromatic heterocycles. The maximum atomic E-state index is 9.53. The average molecular weight is 249 g/mol. The van der Waals surface area contributed by atoms with Gasteiger partial charge >= 0.3 is 0 Å². The molecule has 1 heterocycles. The quantitative estimate of drug-likeness (QED) is 0.643. The van der Waals surface area contributed by atoms with Crippen molar-refractivity contribution >= 4 is 28.6 Å². The summed E-state index contributed by atoms with van der Waals surface area (Å²) in [6, 6.07) is 7.73. The molecule has 2 unspecified atom stereocenters. The molecule has 17 heavy (non-hydrogen) atoms. The fourth-order valence-corrected chi connectivity index (χ4v) is 2.42. The Morgan fingerprint density at radius 1 is 1.24 bits per heavy atom. The summed E-state index contributed by atoms with van der Waals surface area (Å²) in [4.78, 5) is 8.42. The molecule has 5 heteroatoms. The van der Waals surface area contributed by atoms with E-state index in [4.69, 9.17) is 5.73 Å². The first kappa shape index (κ1) is 12.1. The number of aliphatic hydroxyl groups is 1. The van der Waals surface area contributed by atoms with Crippen LogP contribution in [0, 0.1) is 0 Å². The molecule has 90 valence electrons. The maximum Gasteiger partial charge on any atom is 0.221 e. The molecule has 0 fully saturated rings. The van der Waals surface area contributed by atoms with Gasteiger partial charge in [-0.25, -0.2) is 9.97 Å². The van der Waals surface area contributed by atoms with E-state index in [-0.39, 0.29) is 11.2 Å². The van der Waals surface area contributed by atoms with Crippen LogP contribution in [0.1, 0.15) is 13.8 Å². The van der Waals surface area contributed by atoms with Crippen LogP contribution in [0.25, 0.3) is 10.9 Å². The third-order valence-corrected chi connectivity index (χ3v) is 3.86. The Labute approximate surface area is 104 Å². The zero-order chi connectivity index (χ0) is 12.4. The van der Waals surface area contributed by atoms with Crippen LogP contribution < -0.4 is 5.73 Å². The number of para-hydroxylation sites is 1. The molecule has 0 aliphatic rings. The standard InChI is InChI=1S/C12H15N3OS/c1-7(16)8(2)17-11-9-5-3-4-6-10(9)14-12(13)15-11/h3-8,16H,1-2H3,(H2,13,14,15). The minimum absolute atomic E-state index is 0.0627. The van der Waals surface area contributed by atoms with Crippen molar-refractivity contribution < 1.29 is 5.11 Å². The van der Waals surface area contributed by atoms with E-state index in [0.29, 0.717) is 0 Å². The lowest BCUT2D eigenvalue weighted by Gasteiger charge is -2.14. The lowest BCUT2D eigenvalue weighted by molar-refractivity contribution is 0.196. The third kappa shape index (κ3) is 2.68. The first-order valence-corrected chi connectivity index (χ1v) is 6.33. The molecule has 0 saturated carbocycles. The summed E-state index contributed by atoms with van der Waals surface area (Å²) in [7, 11) is 0. The highest BCUT2D eigenvalue weighted by atomic mass is 32.2. The smallest absolute Gasteiger partial charge is 0.221 e. The van der Waals surface area contributed by atoms with E-state index in [1.54, 1.807) is 6.92 Å². The molecule has 0 aliphatic heterocycles. The number of nitrogens with two attached hydrogens (primary N) is 1. The van der Waals surface area contributed by atoms with Gasteiger partial charge in [0.25, 0.3) is 0 Å². The van der Waals surface area contributed by atoms with Crippen LogP contribution >= 0.6 is 11.8 Å². The second-order valence-corrected chi connectivity index (χ2v) is 5.33.